The molecule has 1 aromatic carbocycles. The molecule has 0 aliphatic heterocycles. The minimum Gasteiger partial charge on any atom is -0.426 e. The van der Waals surface area contributed by atoms with Crippen molar-refractivity contribution in [2.45, 2.75) is 0 Å². The van der Waals surface area contributed by atoms with Crippen LogP contribution in [-0.2, 0) is 0 Å². The third-order valence-corrected chi connectivity index (χ3v) is 1.68. The highest BCUT2D eigenvalue weighted by Gasteiger charge is 1.99. The Kier molecular flexibility index (Phi) is 2.99. The van der Waals surface area contributed by atoms with Gasteiger partial charge in [0.1, 0.15) is 5.75 Å². The highest BCUT2D eigenvalue weighted by atomic mass is 32.2. The van der Waals surface area contributed by atoms with Gasteiger partial charge in [0.25, 0.3) is 0 Å². The average Bonchev–Trinajstić information content (AvgIpc) is 2.06. The molecule has 0 unspecified atom stereocenters. The summed E-state index contributed by atoms with van der Waals surface area (Å²) in [4.78, 5) is 10.6. The lowest BCUT2D eigenvalue weighted by molar-refractivity contribution is 0.100. The zero-order chi connectivity index (χ0) is 8.97. The maximum absolute atomic E-state index is 10.6. The minimum absolute atomic E-state index is 0.425. The van der Waals surface area contributed by atoms with E-state index < -0.39 is 5.91 Å². The molecule has 12 heavy (non-hydrogen) atoms. The summed E-state index contributed by atoms with van der Waals surface area (Å²) in [6.07, 6.45) is 1.82. The van der Waals surface area contributed by atoms with Gasteiger partial charge in [-0.1, -0.05) is 0 Å². The summed E-state index contributed by atoms with van der Waals surface area (Å²) in [6, 6.07) is 6.68. The van der Waals surface area contributed by atoms with Crippen LogP contribution in [0.3, 0.4) is 0 Å². The van der Waals surface area contributed by atoms with Crippen LogP contribution in [0.25, 0.3) is 0 Å². The van der Waals surface area contributed by atoms with Crippen molar-refractivity contribution in [3.05, 3.63) is 29.8 Å². The molecule has 0 saturated heterocycles. The molecule has 1 amide bonds. The van der Waals surface area contributed by atoms with Gasteiger partial charge in [0.05, 0.1) is 12.0 Å². The molecule has 1 rings (SSSR count). The molecule has 0 aromatic heterocycles. The van der Waals surface area contributed by atoms with Gasteiger partial charge in [0, 0.05) is 11.8 Å². The first kappa shape index (κ1) is 8.93. The summed E-state index contributed by atoms with van der Waals surface area (Å²) in [6.45, 7) is 0. The fourth-order valence-corrected chi connectivity index (χ4v) is 1.07. The number of nitrogens with two attached hydrogens (primary N) is 1. The Bertz CT molecular complexity index is 271. The molecule has 2 N–H and O–H groups in total. The Morgan fingerprint density at radius 3 is 2.42 bits per heavy atom. The van der Waals surface area contributed by atoms with Gasteiger partial charge in [0.15, 0.2) is 0 Å². The van der Waals surface area contributed by atoms with Gasteiger partial charge < -0.3 is 9.92 Å². The van der Waals surface area contributed by atoms with Crippen LogP contribution in [-0.4, -0.2) is 12.2 Å². The summed E-state index contributed by atoms with van der Waals surface area (Å²) < 4.78 is 5.11. The van der Waals surface area contributed by atoms with E-state index in [0.29, 0.717) is 11.3 Å². The first-order valence-corrected chi connectivity index (χ1v) is 4.49. The number of hydrogen-bond acceptors (Lipinski definition) is 3. The summed E-state index contributed by atoms with van der Waals surface area (Å²) in [5.41, 5.74) is 5.54. The molecule has 0 aliphatic carbocycles. The van der Waals surface area contributed by atoms with Crippen molar-refractivity contribution in [3.63, 3.8) is 0 Å². The van der Waals surface area contributed by atoms with Gasteiger partial charge in [-0.2, -0.15) is 0 Å². The van der Waals surface area contributed by atoms with E-state index in [1.807, 2.05) is 6.26 Å². The van der Waals surface area contributed by atoms with Crippen LogP contribution < -0.4 is 9.92 Å². The van der Waals surface area contributed by atoms with E-state index in [9.17, 15) is 4.79 Å². The molecule has 0 heterocycles. The number of carbonyl (C=O) groups excluding carboxylic acids is 1. The number of hydrogen-bond donors (Lipinski definition) is 1. The number of benzene rings is 1. The molecule has 0 aliphatic rings. The third-order valence-electron chi connectivity index (χ3n) is 1.32. The van der Waals surface area contributed by atoms with Crippen molar-refractivity contribution in [1.82, 2.24) is 0 Å². The van der Waals surface area contributed by atoms with E-state index in [1.54, 1.807) is 24.3 Å². The largest absolute Gasteiger partial charge is 0.426 e. The van der Waals surface area contributed by atoms with Gasteiger partial charge in [-0.3, -0.25) is 4.79 Å². The second kappa shape index (κ2) is 4.01. The Hall–Kier alpha value is -1.16. The third kappa shape index (κ3) is 2.17. The molecule has 0 spiro atoms. The van der Waals surface area contributed by atoms with Gasteiger partial charge in [-0.25, -0.2) is 0 Å². The Morgan fingerprint density at radius 2 is 2.00 bits per heavy atom. The van der Waals surface area contributed by atoms with E-state index in [1.165, 1.54) is 12.0 Å². The van der Waals surface area contributed by atoms with Crippen LogP contribution in [0, 0.1) is 0 Å². The Balaban J connectivity index is 2.78. The van der Waals surface area contributed by atoms with E-state index in [0.717, 1.165) is 0 Å². The van der Waals surface area contributed by atoms with Crippen LogP contribution in [0.5, 0.6) is 5.75 Å². The Labute approximate surface area is 75.1 Å². The van der Waals surface area contributed by atoms with E-state index in [2.05, 4.69) is 0 Å². The molecule has 0 radical (unpaired) electrons. The molecular weight excluding hydrogens is 174 g/mol. The zero-order valence-electron chi connectivity index (χ0n) is 6.61. The van der Waals surface area contributed by atoms with Crippen molar-refractivity contribution >= 4 is 17.9 Å². The predicted molar refractivity (Wildman–Crippen MR) is 49.1 cm³/mol. The second-order valence-electron chi connectivity index (χ2n) is 2.14. The monoisotopic (exact) mass is 183 g/mol. The van der Waals surface area contributed by atoms with E-state index >= 15 is 0 Å². The topological polar surface area (TPSA) is 52.3 Å². The summed E-state index contributed by atoms with van der Waals surface area (Å²) >= 11 is 1.25. The number of primary amides is 1. The number of rotatable bonds is 3. The summed E-state index contributed by atoms with van der Waals surface area (Å²) in [5.74, 6) is 0.290. The van der Waals surface area contributed by atoms with Gasteiger partial charge in [-0.15, -0.1) is 0 Å². The first-order valence-electron chi connectivity index (χ1n) is 3.34. The quantitative estimate of drug-likeness (QED) is 0.721. The van der Waals surface area contributed by atoms with Crippen molar-refractivity contribution < 1.29 is 8.98 Å². The molecule has 0 saturated carbocycles. The van der Waals surface area contributed by atoms with E-state index in [4.69, 9.17) is 9.92 Å². The molecular formula is C8H9NO2S. The van der Waals surface area contributed by atoms with Gasteiger partial charge >= 0.3 is 0 Å². The van der Waals surface area contributed by atoms with Crippen LogP contribution in [0.15, 0.2) is 24.3 Å². The molecule has 0 fully saturated rings. The lowest BCUT2D eigenvalue weighted by Crippen LogP contribution is -2.10. The molecule has 0 bridgehead atoms. The Morgan fingerprint density at radius 1 is 1.42 bits per heavy atom. The fourth-order valence-electron chi connectivity index (χ4n) is 0.771. The van der Waals surface area contributed by atoms with Crippen LogP contribution >= 0.6 is 12.0 Å². The second-order valence-corrected chi connectivity index (χ2v) is 2.64. The zero-order valence-corrected chi connectivity index (χ0v) is 7.43. The molecule has 1 aromatic rings. The van der Waals surface area contributed by atoms with Crippen molar-refractivity contribution in [2.24, 2.45) is 5.73 Å². The lowest BCUT2D eigenvalue weighted by atomic mass is 10.2. The fraction of sp³-hybridized carbons (Fsp3) is 0.125. The lowest BCUT2D eigenvalue weighted by Gasteiger charge is -2.00. The SMILES string of the molecule is CSOc1ccc(C(N)=O)cc1. The van der Waals surface area contributed by atoms with Crippen molar-refractivity contribution in [3.8, 4) is 5.75 Å². The standard InChI is InChI=1S/C8H9NO2S/c1-12-11-7-4-2-6(3-5-7)8(9)10/h2-5H,1H3,(H2,9,10). The molecule has 64 valence electrons. The molecule has 4 heteroatoms. The highest BCUT2D eigenvalue weighted by Crippen LogP contribution is 2.15. The van der Waals surface area contributed by atoms with Crippen molar-refractivity contribution in [1.29, 1.82) is 0 Å². The van der Waals surface area contributed by atoms with Crippen LogP contribution in [0.4, 0.5) is 0 Å². The molecule has 0 atom stereocenters. The molecule has 3 nitrogen and oxygen atoms in total. The number of amides is 1. The maximum Gasteiger partial charge on any atom is 0.248 e. The first-order chi connectivity index (χ1) is 5.74. The van der Waals surface area contributed by atoms with E-state index in [-0.39, 0.29) is 0 Å². The van der Waals surface area contributed by atoms with Gasteiger partial charge in [0.2, 0.25) is 5.91 Å². The highest BCUT2D eigenvalue weighted by molar-refractivity contribution is 7.94. The summed E-state index contributed by atoms with van der Waals surface area (Å²) in [5, 5.41) is 0. The average molecular weight is 183 g/mol. The maximum atomic E-state index is 10.6. The summed E-state index contributed by atoms with van der Waals surface area (Å²) in [7, 11) is 0. The van der Waals surface area contributed by atoms with Crippen LogP contribution in [0.2, 0.25) is 0 Å². The number of carbonyl (C=O) groups is 1. The smallest absolute Gasteiger partial charge is 0.248 e. The predicted octanol–water partition coefficient (Wildman–Crippen LogP) is 1.44. The van der Waals surface area contributed by atoms with Crippen LogP contribution in [0.1, 0.15) is 10.4 Å². The van der Waals surface area contributed by atoms with Gasteiger partial charge in [-0.05, 0) is 24.3 Å². The minimum atomic E-state index is -0.425. The van der Waals surface area contributed by atoms with Crippen molar-refractivity contribution in [2.75, 3.05) is 6.26 Å². The normalized spacial score (nSPS) is 9.42.